The van der Waals surface area contributed by atoms with Gasteiger partial charge in [-0.15, -0.1) is 0 Å². The van der Waals surface area contributed by atoms with E-state index in [-0.39, 0.29) is 12.0 Å². The molecule has 2 fully saturated rings. The van der Waals surface area contributed by atoms with Gasteiger partial charge in [0.1, 0.15) is 6.10 Å². The van der Waals surface area contributed by atoms with E-state index >= 15 is 0 Å². The normalized spacial score (nSPS) is 20.1. The number of aliphatic imine (C=N–C) groups is 1. The first kappa shape index (κ1) is 23.5. The molecule has 1 atom stereocenters. The highest BCUT2D eigenvalue weighted by atomic mass is 16.5. The lowest BCUT2D eigenvalue weighted by atomic mass is 10.1. The highest BCUT2D eigenvalue weighted by Crippen LogP contribution is 2.17. The number of nitrogens with one attached hydrogen (secondary N) is 2. The molecule has 2 heterocycles. The molecule has 1 amide bonds. The molecule has 0 aliphatic carbocycles. The van der Waals surface area contributed by atoms with Crippen LogP contribution >= 0.6 is 0 Å². The number of methoxy groups -OCH3 is 1. The number of amides is 1. The van der Waals surface area contributed by atoms with Crippen molar-refractivity contribution in [1.29, 1.82) is 0 Å². The van der Waals surface area contributed by atoms with Gasteiger partial charge in [0.25, 0.3) is 5.91 Å². The number of carbonyl (C=O) groups excluding carboxylic acids is 1. The molecule has 0 bridgehead atoms. The van der Waals surface area contributed by atoms with Crippen molar-refractivity contribution in [2.45, 2.75) is 50.9 Å². The fourth-order valence-electron chi connectivity index (χ4n) is 3.97. The summed E-state index contributed by atoms with van der Waals surface area (Å²) in [5, 5.41) is 6.41. The van der Waals surface area contributed by atoms with E-state index in [1.807, 2.05) is 31.3 Å². The first-order valence-electron chi connectivity index (χ1n) is 11.3. The van der Waals surface area contributed by atoms with Crippen LogP contribution in [-0.2, 0) is 25.5 Å². The summed E-state index contributed by atoms with van der Waals surface area (Å²) in [4.78, 5) is 19.0. The predicted molar refractivity (Wildman–Crippen MR) is 121 cm³/mol. The molecule has 3 rings (SSSR count). The molecule has 8 nitrogen and oxygen atoms in total. The number of hydrogen-bond acceptors (Lipinski definition) is 5. The molecule has 2 aliphatic rings. The van der Waals surface area contributed by atoms with Crippen LogP contribution in [0, 0.1) is 0 Å². The van der Waals surface area contributed by atoms with Gasteiger partial charge in [-0.3, -0.25) is 9.79 Å². The second-order valence-electron chi connectivity index (χ2n) is 8.00. The van der Waals surface area contributed by atoms with Crippen molar-refractivity contribution in [2.75, 3.05) is 52.4 Å². The Balaban J connectivity index is 1.43. The number of likely N-dealkylation sites (tertiary alicyclic amines) is 1. The van der Waals surface area contributed by atoms with Gasteiger partial charge in [0.2, 0.25) is 0 Å². The summed E-state index contributed by atoms with van der Waals surface area (Å²) in [6.45, 7) is 4.65. The van der Waals surface area contributed by atoms with E-state index in [0.29, 0.717) is 19.3 Å². The zero-order valence-electron chi connectivity index (χ0n) is 18.8. The second-order valence-corrected chi connectivity index (χ2v) is 8.00. The smallest absolute Gasteiger partial charge is 0.253 e. The SMILES string of the molecule is CN=C(NCc1cccc(NC(=O)C2CCCO2)c1)N1CCC(OCCCOC)CC1. The number of nitrogens with zero attached hydrogens (tertiary/aromatic N) is 2. The average molecular weight is 433 g/mol. The topological polar surface area (TPSA) is 84.4 Å². The molecule has 2 aliphatic heterocycles. The maximum atomic E-state index is 12.3. The number of hydrogen-bond donors (Lipinski definition) is 2. The summed E-state index contributed by atoms with van der Waals surface area (Å²) < 4.78 is 16.5. The fraction of sp³-hybridized carbons (Fsp3) is 0.652. The average Bonchev–Trinajstić information content (AvgIpc) is 3.34. The summed E-state index contributed by atoms with van der Waals surface area (Å²) in [6.07, 6.45) is 4.66. The standard InChI is InChI=1S/C23H36N4O4/c1-24-23(27-11-9-20(10-12-27)30-15-5-13-29-2)25-17-18-6-3-7-19(16-18)26-22(28)21-8-4-14-31-21/h3,6-7,16,20-21H,4-5,8-15,17H2,1-2H3,(H,24,25)(H,26,28). The second kappa shape index (κ2) is 12.6. The van der Waals surface area contributed by atoms with Crippen molar-refractivity contribution < 1.29 is 19.0 Å². The molecule has 2 saturated heterocycles. The number of anilines is 1. The predicted octanol–water partition coefficient (Wildman–Crippen LogP) is 2.40. The Morgan fingerprint density at radius 2 is 2.10 bits per heavy atom. The van der Waals surface area contributed by atoms with E-state index < -0.39 is 0 Å². The van der Waals surface area contributed by atoms with Gasteiger partial charge < -0.3 is 29.7 Å². The minimum atomic E-state index is -0.326. The molecule has 2 N–H and O–H groups in total. The van der Waals surface area contributed by atoms with E-state index in [4.69, 9.17) is 14.2 Å². The Hall–Kier alpha value is -2.16. The van der Waals surface area contributed by atoms with Gasteiger partial charge in [0, 0.05) is 59.3 Å². The van der Waals surface area contributed by atoms with Crippen molar-refractivity contribution in [3.05, 3.63) is 29.8 Å². The number of carbonyl (C=O) groups is 1. The number of piperidine rings is 1. The van der Waals surface area contributed by atoms with Crippen LogP contribution in [0.2, 0.25) is 0 Å². The molecule has 0 radical (unpaired) electrons. The third-order valence-electron chi connectivity index (χ3n) is 5.67. The molecule has 0 spiro atoms. The minimum Gasteiger partial charge on any atom is -0.385 e. The van der Waals surface area contributed by atoms with E-state index in [2.05, 4.69) is 20.5 Å². The van der Waals surface area contributed by atoms with Crippen LogP contribution in [0.25, 0.3) is 0 Å². The summed E-state index contributed by atoms with van der Waals surface area (Å²) >= 11 is 0. The van der Waals surface area contributed by atoms with Gasteiger partial charge in [-0.25, -0.2) is 0 Å². The van der Waals surface area contributed by atoms with Gasteiger partial charge in [-0.05, 0) is 49.8 Å². The summed E-state index contributed by atoms with van der Waals surface area (Å²) in [6, 6.07) is 7.90. The lowest BCUT2D eigenvalue weighted by Gasteiger charge is -2.34. The van der Waals surface area contributed by atoms with Crippen molar-refractivity contribution in [3.63, 3.8) is 0 Å². The van der Waals surface area contributed by atoms with Crippen LogP contribution < -0.4 is 10.6 Å². The molecule has 1 aromatic carbocycles. The molecule has 8 heteroatoms. The molecule has 172 valence electrons. The lowest BCUT2D eigenvalue weighted by molar-refractivity contribution is -0.124. The van der Waals surface area contributed by atoms with E-state index in [9.17, 15) is 4.79 Å². The Morgan fingerprint density at radius 3 is 2.81 bits per heavy atom. The molecule has 1 aromatic rings. The van der Waals surface area contributed by atoms with Crippen molar-refractivity contribution in [2.24, 2.45) is 4.99 Å². The zero-order valence-corrected chi connectivity index (χ0v) is 18.8. The molecule has 1 unspecified atom stereocenters. The van der Waals surface area contributed by atoms with Crippen molar-refractivity contribution >= 4 is 17.6 Å². The lowest BCUT2D eigenvalue weighted by Crippen LogP contribution is -2.46. The first-order valence-corrected chi connectivity index (χ1v) is 11.3. The third-order valence-corrected chi connectivity index (χ3v) is 5.67. The zero-order chi connectivity index (χ0) is 21.9. The maximum absolute atomic E-state index is 12.3. The van der Waals surface area contributed by atoms with Crippen LogP contribution in [0.4, 0.5) is 5.69 Å². The molecular formula is C23H36N4O4. The van der Waals surface area contributed by atoms with Crippen LogP contribution in [-0.4, -0.2) is 76.0 Å². The van der Waals surface area contributed by atoms with Crippen LogP contribution in [0.3, 0.4) is 0 Å². The molecule has 31 heavy (non-hydrogen) atoms. The van der Waals surface area contributed by atoms with Crippen molar-refractivity contribution in [1.82, 2.24) is 10.2 Å². The third kappa shape index (κ3) is 7.48. The fourth-order valence-corrected chi connectivity index (χ4v) is 3.97. The number of benzene rings is 1. The Labute approximate surface area is 185 Å². The molecule has 0 saturated carbocycles. The molecule has 0 aromatic heterocycles. The summed E-state index contributed by atoms with van der Waals surface area (Å²) in [7, 11) is 3.53. The van der Waals surface area contributed by atoms with Crippen LogP contribution in [0.1, 0.15) is 37.7 Å². The quantitative estimate of drug-likeness (QED) is 0.354. The number of rotatable bonds is 9. The first-order chi connectivity index (χ1) is 15.2. The van der Waals surface area contributed by atoms with Gasteiger partial charge in [-0.2, -0.15) is 0 Å². The summed E-state index contributed by atoms with van der Waals surface area (Å²) in [5.41, 5.74) is 1.88. The maximum Gasteiger partial charge on any atom is 0.253 e. The Morgan fingerprint density at radius 1 is 1.26 bits per heavy atom. The van der Waals surface area contributed by atoms with Crippen molar-refractivity contribution in [3.8, 4) is 0 Å². The van der Waals surface area contributed by atoms with Gasteiger partial charge >= 0.3 is 0 Å². The van der Waals surface area contributed by atoms with Crippen LogP contribution in [0.5, 0.6) is 0 Å². The van der Waals surface area contributed by atoms with Gasteiger partial charge in [0.05, 0.1) is 6.10 Å². The monoisotopic (exact) mass is 432 g/mol. The highest BCUT2D eigenvalue weighted by Gasteiger charge is 2.24. The van der Waals surface area contributed by atoms with Gasteiger partial charge in [0.15, 0.2) is 5.96 Å². The highest BCUT2D eigenvalue weighted by molar-refractivity contribution is 5.94. The largest absolute Gasteiger partial charge is 0.385 e. The number of guanidine groups is 1. The van der Waals surface area contributed by atoms with Gasteiger partial charge in [-0.1, -0.05) is 12.1 Å². The minimum absolute atomic E-state index is 0.0641. The summed E-state index contributed by atoms with van der Waals surface area (Å²) in [5.74, 6) is 0.831. The Bertz CT molecular complexity index is 713. The molecular weight excluding hydrogens is 396 g/mol. The Kier molecular flexibility index (Phi) is 9.58. The number of ether oxygens (including phenoxy) is 3. The van der Waals surface area contributed by atoms with E-state index in [1.54, 1.807) is 7.11 Å². The van der Waals surface area contributed by atoms with Crippen LogP contribution in [0.15, 0.2) is 29.3 Å². The van der Waals surface area contributed by atoms with E-state index in [0.717, 1.165) is 75.6 Å². The van der Waals surface area contributed by atoms with E-state index in [1.165, 1.54) is 0 Å².